The first-order valence-corrected chi connectivity index (χ1v) is 6.73. The van der Waals surface area contributed by atoms with E-state index in [0.29, 0.717) is 18.0 Å². The van der Waals surface area contributed by atoms with Crippen LogP contribution in [0, 0.1) is 5.92 Å². The van der Waals surface area contributed by atoms with Gasteiger partial charge >= 0.3 is 0 Å². The average Bonchev–Trinajstić information content (AvgIpc) is 3.27. The lowest BCUT2D eigenvalue weighted by Crippen LogP contribution is -2.25. The number of halogens is 1. The van der Waals surface area contributed by atoms with Gasteiger partial charge in [-0.15, -0.1) is 0 Å². The highest BCUT2D eigenvalue weighted by molar-refractivity contribution is 5.91. The fraction of sp³-hybridized carbons (Fsp3) is 0.467. The van der Waals surface area contributed by atoms with E-state index in [-0.39, 0.29) is 0 Å². The molecule has 1 aromatic heterocycles. The van der Waals surface area contributed by atoms with E-state index in [9.17, 15) is 9.18 Å². The van der Waals surface area contributed by atoms with Gasteiger partial charge in [-0.05, 0) is 56.2 Å². The maximum Gasteiger partial charge on any atom is 0.279 e. The van der Waals surface area contributed by atoms with E-state index in [2.05, 4.69) is 10.3 Å². The van der Waals surface area contributed by atoms with E-state index in [0.717, 1.165) is 31.4 Å². The molecule has 0 aromatic carbocycles. The first-order chi connectivity index (χ1) is 9.18. The van der Waals surface area contributed by atoms with Crippen molar-refractivity contribution in [2.75, 3.05) is 6.54 Å². The summed E-state index contributed by atoms with van der Waals surface area (Å²) in [5.74, 6) is -0.884. The Labute approximate surface area is 112 Å². The van der Waals surface area contributed by atoms with E-state index >= 15 is 0 Å². The van der Waals surface area contributed by atoms with Gasteiger partial charge in [-0.25, -0.2) is 4.39 Å². The van der Waals surface area contributed by atoms with Gasteiger partial charge in [0.1, 0.15) is 0 Å². The lowest BCUT2D eigenvalue weighted by atomic mass is 10.1. The van der Waals surface area contributed by atoms with E-state index < -0.39 is 11.7 Å². The Kier molecular flexibility index (Phi) is 4.66. The van der Waals surface area contributed by atoms with Gasteiger partial charge in [-0.2, -0.15) is 0 Å². The van der Waals surface area contributed by atoms with Crippen LogP contribution in [0.4, 0.5) is 4.39 Å². The molecule has 19 heavy (non-hydrogen) atoms. The average molecular weight is 262 g/mol. The number of rotatable bonds is 6. The second kappa shape index (κ2) is 6.45. The first-order valence-electron chi connectivity index (χ1n) is 6.73. The van der Waals surface area contributed by atoms with Crippen molar-refractivity contribution in [3.05, 3.63) is 41.5 Å². The Morgan fingerprint density at radius 1 is 1.47 bits per heavy atom. The summed E-state index contributed by atoms with van der Waals surface area (Å²) in [4.78, 5) is 15.8. The molecular weight excluding hydrogens is 243 g/mol. The highest BCUT2D eigenvalue weighted by Gasteiger charge is 2.27. The van der Waals surface area contributed by atoms with Crippen LogP contribution in [0.15, 0.2) is 35.8 Å². The zero-order valence-corrected chi connectivity index (χ0v) is 11.2. The molecule has 0 saturated heterocycles. The number of amides is 1. The maximum absolute atomic E-state index is 13.7. The van der Waals surface area contributed by atoms with Crippen LogP contribution in [0.3, 0.4) is 0 Å². The Morgan fingerprint density at radius 2 is 2.26 bits per heavy atom. The third kappa shape index (κ3) is 4.16. The van der Waals surface area contributed by atoms with Crippen molar-refractivity contribution in [2.24, 2.45) is 5.92 Å². The van der Waals surface area contributed by atoms with Crippen LogP contribution in [0.5, 0.6) is 0 Å². The second-order valence-electron chi connectivity index (χ2n) is 4.95. The van der Waals surface area contributed by atoms with Crippen molar-refractivity contribution < 1.29 is 9.18 Å². The molecule has 102 valence electrons. The van der Waals surface area contributed by atoms with Gasteiger partial charge in [0.2, 0.25) is 0 Å². The van der Waals surface area contributed by atoms with Crippen LogP contribution < -0.4 is 5.32 Å². The molecule has 0 unspecified atom stereocenters. The SMILES string of the molecule is C/C(=C(/F)C(=O)NCCCc1ccccn1)C1CC1. The van der Waals surface area contributed by atoms with E-state index in [1.165, 1.54) is 0 Å². The number of hydrogen-bond acceptors (Lipinski definition) is 2. The Bertz CT molecular complexity index is 466. The third-order valence-electron chi connectivity index (χ3n) is 3.36. The van der Waals surface area contributed by atoms with Crippen molar-refractivity contribution in [3.63, 3.8) is 0 Å². The Hall–Kier alpha value is -1.71. The molecule has 4 heteroatoms. The molecule has 3 nitrogen and oxygen atoms in total. The fourth-order valence-corrected chi connectivity index (χ4v) is 1.97. The Morgan fingerprint density at radius 3 is 2.89 bits per heavy atom. The minimum absolute atomic E-state index is 0.291. The summed E-state index contributed by atoms with van der Waals surface area (Å²) in [6.07, 6.45) is 5.31. The number of carbonyl (C=O) groups excluding carboxylic acids is 1. The van der Waals surface area contributed by atoms with Gasteiger partial charge in [0, 0.05) is 18.4 Å². The number of aromatic nitrogens is 1. The summed E-state index contributed by atoms with van der Waals surface area (Å²) in [5.41, 5.74) is 1.59. The lowest BCUT2D eigenvalue weighted by Gasteiger charge is -2.05. The van der Waals surface area contributed by atoms with Crippen LogP contribution >= 0.6 is 0 Å². The van der Waals surface area contributed by atoms with Gasteiger partial charge < -0.3 is 5.32 Å². The minimum atomic E-state index is -0.597. The molecular formula is C15H19FN2O. The number of aryl methyl sites for hydroxylation is 1. The molecule has 0 atom stereocenters. The third-order valence-corrected chi connectivity index (χ3v) is 3.36. The topological polar surface area (TPSA) is 42.0 Å². The summed E-state index contributed by atoms with van der Waals surface area (Å²) in [5, 5.41) is 2.62. The van der Waals surface area contributed by atoms with Crippen LogP contribution in [-0.2, 0) is 11.2 Å². The molecule has 0 radical (unpaired) electrons. The molecule has 1 N–H and O–H groups in total. The lowest BCUT2D eigenvalue weighted by molar-refractivity contribution is -0.119. The molecule has 1 heterocycles. The predicted octanol–water partition coefficient (Wildman–Crippen LogP) is 2.78. The van der Waals surface area contributed by atoms with Crippen LogP contribution in [0.2, 0.25) is 0 Å². The molecule has 1 aromatic rings. The molecule has 0 aliphatic heterocycles. The number of nitrogens with one attached hydrogen (secondary N) is 1. The quantitative estimate of drug-likeness (QED) is 0.632. The normalized spacial score (nSPS) is 15.9. The standard InChI is InChI=1S/C15H19FN2O/c1-11(12-7-8-12)14(16)15(19)18-10-4-6-13-5-2-3-9-17-13/h2-3,5,9,12H,4,6-8,10H2,1H3,(H,18,19)/b14-11-. The fourth-order valence-electron chi connectivity index (χ4n) is 1.97. The summed E-state index contributed by atoms with van der Waals surface area (Å²) in [6, 6.07) is 5.74. The number of pyridine rings is 1. The predicted molar refractivity (Wildman–Crippen MR) is 72.1 cm³/mol. The van der Waals surface area contributed by atoms with Crippen molar-refractivity contribution >= 4 is 5.91 Å². The number of nitrogens with zero attached hydrogens (tertiary/aromatic N) is 1. The number of hydrogen-bond donors (Lipinski definition) is 1. The van der Waals surface area contributed by atoms with Gasteiger partial charge in [0.05, 0.1) is 0 Å². The number of allylic oxidation sites excluding steroid dienone is 1. The van der Waals surface area contributed by atoms with Crippen LogP contribution in [-0.4, -0.2) is 17.4 Å². The van der Waals surface area contributed by atoms with Gasteiger partial charge in [-0.1, -0.05) is 6.07 Å². The van der Waals surface area contributed by atoms with E-state index in [1.54, 1.807) is 13.1 Å². The molecule has 1 fully saturated rings. The minimum Gasteiger partial charge on any atom is -0.350 e. The van der Waals surface area contributed by atoms with E-state index in [4.69, 9.17) is 0 Å². The molecule has 0 bridgehead atoms. The van der Waals surface area contributed by atoms with Gasteiger partial charge in [-0.3, -0.25) is 9.78 Å². The summed E-state index contributed by atoms with van der Waals surface area (Å²) >= 11 is 0. The van der Waals surface area contributed by atoms with Crippen molar-refractivity contribution in [1.29, 1.82) is 0 Å². The zero-order chi connectivity index (χ0) is 13.7. The van der Waals surface area contributed by atoms with Gasteiger partial charge in [0.15, 0.2) is 5.83 Å². The molecule has 1 amide bonds. The van der Waals surface area contributed by atoms with Crippen LogP contribution in [0.25, 0.3) is 0 Å². The smallest absolute Gasteiger partial charge is 0.279 e. The summed E-state index contributed by atoms with van der Waals surface area (Å²) in [7, 11) is 0. The maximum atomic E-state index is 13.7. The highest BCUT2D eigenvalue weighted by Crippen LogP contribution is 2.37. The monoisotopic (exact) mass is 262 g/mol. The van der Waals surface area contributed by atoms with Gasteiger partial charge in [0.25, 0.3) is 5.91 Å². The number of carbonyl (C=O) groups is 1. The summed E-state index contributed by atoms with van der Waals surface area (Å²) < 4.78 is 13.7. The van der Waals surface area contributed by atoms with Crippen LogP contribution in [0.1, 0.15) is 31.9 Å². The molecule has 1 aliphatic carbocycles. The largest absolute Gasteiger partial charge is 0.350 e. The molecule has 2 rings (SSSR count). The van der Waals surface area contributed by atoms with Crippen molar-refractivity contribution in [2.45, 2.75) is 32.6 Å². The van der Waals surface area contributed by atoms with Crippen molar-refractivity contribution in [3.8, 4) is 0 Å². The highest BCUT2D eigenvalue weighted by atomic mass is 19.1. The first kappa shape index (κ1) is 13.7. The molecule has 1 saturated carbocycles. The van der Waals surface area contributed by atoms with Crippen molar-refractivity contribution in [1.82, 2.24) is 10.3 Å². The molecule has 1 aliphatic rings. The molecule has 0 spiro atoms. The van der Waals surface area contributed by atoms with E-state index in [1.807, 2.05) is 18.2 Å². The summed E-state index contributed by atoms with van der Waals surface area (Å²) in [6.45, 7) is 2.18. The Balaban J connectivity index is 1.71. The second-order valence-corrected chi connectivity index (χ2v) is 4.95. The zero-order valence-electron chi connectivity index (χ0n) is 11.2.